The zero-order valence-corrected chi connectivity index (χ0v) is 15.6. The largest absolute Gasteiger partial charge is 0.497 e. The van der Waals surface area contributed by atoms with Crippen LogP contribution < -0.4 is 15.0 Å². The Kier molecular flexibility index (Phi) is 4.49. The third kappa shape index (κ3) is 3.13. The van der Waals surface area contributed by atoms with E-state index in [1.165, 1.54) is 9.80 Å². The lowest BCUT2D eigenvalue weighted by atomic mass is 9.90. The van der Waals surface area contributed by atoms with Crippen molar-refractivity contribution in [3.05, 3.63) is 42.0 Å². The van der Waals surface area contributed by atoms with Crippen LogP contribution in [0.25, 0.3) is 10.8 Å². The molecule has 0 radical (unpaired) electrons. The first kappa shape index (κ1) is 17.8. The smallest absolute Gasteiger partial charge is 0.329 e. The van der Waals surface area contributed by atoms with Crippen molar-refractivity contribution in [2.75, 3.05) is 40.1 Å². The first-order chi connectivity index (χ1) is 13.0. The summed E-state index contributed by atoms with van der Waals surface area (Å²) >= 11 is 0. The van der Waals surface area contributed by atoms with Crippen LogP contribution in [0.3, 0.4) is 0 Å². The number of rotatable bonds is 4. The van der Waals surface area contributed by atoms with E-state index >= 15 is 0 Å². The maximum atomic E-state index is 13.1. The Morgan fingerprint density at radius 2 is 1.85 bits per heavy atom. The van der Waals surface area contributed by atoms with E-state index in [1.807, 2.05) is 36.4 Å². The number of methoxy groups -OCH3 is 1. The molecule has 0 aromatic heterocycles. The van der Waals surface area contributed by atoms with Crippen LogP contribution in [0.15, 0.2) is 36.4 Å². The van der Waals surface area contributed by atoms with E-state index in [1.54, 1.807) is 14.0 Å². The fourth-order valence-electron chi connectivity index (χ4n) is 3.74. The van der Waals surface area contributed by atoms with Gasteiger partial charge in [0.15, 0.2) is 6.67 Å². The number of urea groups is 1. The van der Waals surface area contributed by atoms with Crippen molar-refractivity contribution in [2.45, 2.75) is 12.5 Å². The monoisotopic (exact) mass is 370 g/mol. The molecule has 1 atom stereocenters. The van der Waals surface area contributed by atoms with Gasteiger partial charge >= 0.3 is 6.03 Å². The van der Waals surface area contributed by atoms with Gasteiger partial charge in [-0.25, -0.2) is 9.69 Å². The van der Waals surface area contributed by atoms with Gasteiger partial charge in [0.05, 0.1) is 20.3 Å². The van der Waals surface area contributed by atoms with Crippen molar-refractivity contribution in [3.8, 4) is 5.75 Å². The van der Waals surface area contributed by atoms with Gasteiger partial charge in [-0.1, -0.05) is 18.2 Å². The summed E-state index contributed by atoms with van der Waals surface area (Å²) in [7, 11) is 1.63. The first-order valence-corrected chi connectivity index (χ1v) is 9.15. The Morgan fingerprint density at radius 1 is 1.15 bits per heavy atom. The highest BCUT2D eigenvalue weighted by Crippen LogP contribution is 2.31. The SMILES string of the molecule is COc1ccc2cc([C@@]3(C)NC(=O)N(C[NH+]4CCOCC4)C3=O)ccc2c1. The zero-order valence-electron chi connectivity index (χ0n) is 15.6. The van der Waals surface area contributed by atoms with Crippen LogP contribution in [0.5, 0.6) is 5.75 Å². The molecule has 0 aliphatic carbocycles. The first-order valence-electron chi connectivity index (χ1n) is 9.15. The lowest BCUT2D eigenvalue weighted by Crippen LogP contribution is -3.15. The number of hydrogen-bond donors (Lipinski definition) is 2. The maximum Gasteiger partial charge on any atom is 0.329 e. The molecule has 2 aromatic carbocycles. The summed E-state index contributed by atoms with van der Waals surface area (Å²) in [6, 6.07) is 11.3. The number of amides is 3. The fraction of sp³-hybridized carbons (Fsp3) is 0.400. The fourth-order valence-corrected chi connectivity index (χ4v) is 3.74. The highest BCUT2D eigenvalue weighted by Gasteiger charge is 2.50. The van der Waals surface area contributed by atoms with E-state index in [0.717, 1.165) is 35.2 Å². The Hall–Kier alpha value is -2.64. The second kappa shape index (κ2) is 6.83. The molecule has 2 aliphatic rings. The van der Waals surface area contributed by atoms with Crippen LogP contribution in [-0.2, 0) is 15.1 Å². The van der Waals surface area contributed by atoms with Crippen molar-refractivity contribution in [1.82, 2.24) is 10.2 Å². The van der Waals surface area contributed by atoms with Gasteiger partial charge in [-0.3, -0.25) is 4.79 Å². The molecular weight excluding hydrogens is 346 g/mol. The van der Waals surface area contributed by atoms with Crippen molar-refractivity contribution in [3.63, 3.8) is 0 Å². The number of hydrogen-bond acceptors (Lipinski definition) is 4. The van der Waals surface area contributed by atoms with Gasteiger partial charge in [0, 0.05) is 0 Å². The van der Waals surface area contributed by atoms with Gasteiger partial charge in [0.2, 0.25) is 0 Å². The molecule has 3 amide bonds. The van der Waals surface area contributed by atoms with Gasteiger partial charge in [-0.2, -0.15) is 0 Å². The normalized spacial score (nSPS) is 23.7. The van der Waals surface area contributed by atoms with Gasteiger partial charge < -0.3 is 19.7 Å². The molecule has 2 saturated heterocycles. The molecule has 2 aliphatic heterocycles. The van der Waals surface area contributed by atoms with Crippen molar-refractivity contribution in [1.29, 1.82) is 0 Å². The summed E-state index contributed by atoms with van der Waals surface area (Å²) < 4.78 is 10.6. The molecule has 4 rings (SSSR count). The van der Waals surface area contributed by atoms with Crippen LogP contribution in [0.4, 0.5) is 4.79 Å². The maximum absolute atomic E-state index is 13.1. The Labute approximate surface area is 157 Å². The third-order valence-electron chi connectivity index (χ3n) is 5.48. The molecule has 2 heterocycles. The third-order valence-corrected chi connectivity index (χ3v) is 5.48. The summed E-state index contributed by atoms with van der Waals surface area (Å²) in [5, 5.41) is 4.91. The molecule has 7 heteroatoms. The number of quaternary nitrogens is 1. The summed E-state index contributed by atoms with van der Waals surface area (Å²) in [6.07, 6.45) is 0. The number of fused-ring (bicyclic) bond motifs is 1. The molecule has 2 fully saturated rings. The molecular formula is C20H24N3O4+. The standard InChI is InChI=1S/C20H23N3O4/c1-20(16-5-3-15-12-17(26-2)6-4-14(15)11-16)18(24)23(19(25)21-20)13-22-7-9-27-10-8-22/h3-6,11-12H,7-10,13H2,1-2H3,(H,21,25)/p+1/t20-/m1/s1. The van der Waals surface area contributed by atoms with E-state index in [2.05, 4.69) is 5.32 Å². The van der Waals surface area contributed by atoms with Crippen molar-refractivity contribution in [2.24, 2.45) is 0 Å². The number of benzene rings is 2. The average Bonchev–Trinajstić information content (AvgIpc) is 2.92. The number of nitrogens with one attached hydrogen (secondary N) is 2. The molecule has 2 aromatic rings. The van der Waals surface area contributed by atoms with Crippen LogP contribution in [0.2, 0.25) is 0 Å². The molecule has 27 heavy (non-hydrogen) atoms. The lowest BCUT2D eigenvalue weighted by molar-refractivity contribution is -0.915. The number of morpholine rings is 1. The highest BCUT2D eigenvalue weighted by atomic mass is 16.5. The number of carbonyl (C=O) groups is 2. The number of carbonyl (C=O) groups excluding carboxylic acids is 2. The molecule has 2 N–H and O–H groups in total. The minimum absolute atomic E-state index is 0.209. The minimum atomic E-state index is -1.06. The van der Waals surface area contributed by atoms with Crippen LogP contribution in [0, 0.1) is 0 Å². The zero-order chi connectivity index (χ0) is 19.0. The van der Waals surface area contributed by atoms with Crippen LogP contribution in [-0.4, -0.2) is 56.9 Å². The molecule has 0 bridgehead atoms. The van der Waals surface area contributed by atoms with Gasteiger partial charge in [-0.05, 0) is 41.5 Å². The molecule has 0 spiro atoms. The number of ether oxygens (including phenoxy) is 2. The number of nitrogens with zero attached hydrogens (tertiary/aromatic N) is 1. The van der Waals surface area contributed by atoms with E-state index < -0.39 is 5.54 Å². The summed E-state index contributed by atoms with van der Waals surface area (Å²) in [4.78, 5) is 28.2. The average molecular weight is 370 g/mol. The Morgan fingerprint density at radius 3 is 2.59 bits per heavy atom. The van der Waals surface area contributed by atoms with Gasteiger partial charge in [-0.15, -0.1) is 0 Å². The van der Waals surface area contributed by atoms with Gasteiger partial charge in [0.1, 0.15) is 24.4 Å². The predicted molar refractivity (Wildman–Crippen MR) is 99.6 cm³/mol. The quantitative estimate of drug-likeness (QED) is 0.769. The highest BCUT2D eigenvalue weighted by molar-refractivity contribution is 6.07. The van der Waals surface area contributed by atoms with E-state index in [0.29, 0.717) is 19.9 Å². The lowest BCUT2D eigenvalue weighted by Gasteiger charge is -2.27. The summed E-state index contributed by atoms with van der Waals surface area (Å²) in [5.41, 5.74) is -0.283. The second-order valence-corrected chi connectivity index (χ2v) is 7.24. The molecule has 142 valence electrons. The molecule has 7 nitrogen and oxygen atoms in total. The number of imide groups is 1. The summed E-state index contributed by atoms with van der Waals surface area (Å²) in [5.74, 6) is 0.575. The van der Waals surface area contributed by atoms with E-state index in [-0.39, 0.29) is 11.9 Å². The second-order valence-electron chi connectivity index (χ2n) is 7.24. The summed E-state index contributed by atoms with van der Waals surface area (Å²) in [6.45, 7) is 5.05. The topological polar surface area (TPSA) is 72.3 Å². The van der Waals surface area contributed by atoms with Crippen molar-refractivity contribution < 1.29 is 24.0 Å². The van der Waals surface area contributed by atoms with E-state index in [4.69, 9.17) is 9.47 Å². The predicted octanol–water partition coefficient (Wildman–Crippen LogP) is 0.488. The van der Waals surface area contributed by atoms with Crippen LogP contribution >= 0.6 is 0 Å². The Bertz CT molecular complexity index is 894. The van der Waals surface area contributed by atoms with Crippen molar-refractivity contribution >= 4 is 22.7 Å². The molecule has 0 unspecified atom stereocenters. The van der Waals surface area contributed by atoms with Gasteiger partial charge in [0.25, 0.3) is 5.91 Å². The molecule has 0 saturated carbocycles. The van der Waals surface area contributed by atoms with E-state index in [9.17, 15) is 9.59 Å². The Balaban J connectivity index is 1.61. The minimum Gasteiger partial charge on any atom is -0.497 e. The van der Waals surface area contributed by atoms with Crippen LogP contribution in [0.1, 0.15) is 12.5 Å².